The second-order valence-corrected chi connectivity index (χ2v) is 4.87. The van der Waals surface area contributed by atoms with Gasteiger partial charge < -0.3 is 4.74 Å². The van der Waals surface area contributed by atoms with Crippen molar-refractivity contribution in [1.82, 2.24) is 5.43 Å². The Morgan fingerprint density at radius 3 is 2.72 bits per heavy atom. The van der Waals surface area contributed by atoms with Gasteiger partial charge in [-0.05, 0) is 36.1 Å². The smallest absolute Gasteiger partial charge is 0.237 e. The van der Waals surface area contributed by atoms with E-state index in [2.05, 4.69) is 19.3 Å². The van der Waals surface area contributed by atoms with Crippen LogP contribution in [0.25, 0.3) is 0 Å². The van der Waals surface area contributed by atoms with E-state index in [0.717, 1.165) is 21.9 Å². The minimum atomic E-state index is -0.244. The van der Waals surface area contributed by atoms with Crippen LogP contribution in [0.1, 0.15) is 37.3 Å². The van der Waals surface area contributed by atoms with Crippen molar-refractivity contribution in [2.45, 2.75) is 33.1 Å². The normalized spacial score (nSPS) is 10.6. The van der Waals surface area contributed by atoms with Gasteiger partial charge in [0.05, 0.1) is 13.0 Å². The van der Waals surface area contributed by atoms with E-state index in [1.165, 1.54) is 0 Å². The molecule has 0 aliphatic carbocycles. The van der Waals surface area contributed by atoms with E-state index >= 15 is 0 Å². The predicted octanol–water partition coefficient (Wildman–Crippen LogP) is 2.53. The number of hydrogen-bond acceptors (Lipinski definition) is 3. The maximum Gasteiger partial charge on any atom is 0.237 e. The van der Waals surface area contributed by atoms with Crippen molar-refractivity contribution >= 4 is 17.5 Å². The van der Waals surface area contributed by atoms with Gasteiger partial charge in [0.15, 0.2) is 0 Å². The van der Waals surface area contributed by atoms with Crippen molar-refractivity contribution in [3.63, 3.8) is 0 Å². The summed E-state index contributed by atoms with van der Waals surface area (Å²) in [5, 5.41) is 0.728. The van der Waals surface area contributed by atoms with Crippen LogP contribution < -0.4 is 16.0 Å². The Bertz CT molecular complexity index is 433. The molecule has 0 fully saturated rings. The Balaban J connectivity index is 2.80. The molecular formula is C13H19ClN2O2. The fourth-order valence-electron chi connectivity index (χ4n) is 1.57. The summed E-state index contributed by atoms with van der Waals surface area (Å²) in [6.45, 7) is 6.36. The molecule has 0 aliphatic heterocycles. The van der Waals surface area contributed by atoms with Gasteiger partial charge in [-0.25, -0.2) is 5.84 Å². The minimum absolute atomic E-state index is 0.232. The van der Waals surface area contributed by atoms with Crippen molar-refractivity contribution in [3.8, 4) is 5.75 Å². The SMILES string of the molecule is Cc1cc(OCCC(=O)NN)c(C(C)C)cc1Cl. The second-order valence-electron chi connectivity index (χ2n) is 4.46. The summed E-state index contributed by atoms with van der Waals surface area (Å²) >= 11 is 6.10. The average molecular weight is 271 g/mol. The molecule has 0 heterocycles. The molecule has 1 rings (SSSR count). The first-order valence-electron chi connectivity index (χ1n) is 5.88. The zero-order valence-electron chi connectivity index (χ0n) is 10.9. The molecule has 0 unspecified atom stereocenters. The van der Waals surface area contributed by atoms with Gasteiger partial charge in [0.1, 0.15) is 5.75 Å². The van der Waals surface area contributed by atoms with Gasteiger partial charge in [0.2, 0.25) is 5.91 Å². The molecule has 0 saturated heterocycles. The second kappa shape index (κ2) is 6.61. The fraction of sp³-hybridized carbons (Fsp3) is 0.462. The maximum absolute atomic E-state index is 11.0. The zero-order valence-corrected chi connectivity index (χ0v) is 11.7. The van der Waals surface area contributed by atoms with Gasteiger partial charge in [-0.3, -0.25) is 10.2 Å². The van der Waals surface area contributed by atoms with Crippen LogP contribution in [-0.4, -0.2) is 12.5 Å². The number of benzene rings is 1. The van der Waals surface area contributed by atoms with Gasteiger partial charge in [-0.2, -0.15) is 0 Å². The standard InChI is InChI=1S/C13H19ClN2O2/c1-8(2)10-7-11(14)9(3)6-12(10)18-5-4-13(17)16-15/h6-8H,4-5,15H2,1-3H3,(H,16,17). The molecule has 100 valence electrons. The number of hydrazine groups is 1. The lowest BCUT2D eigenvalue weighted by Crippen LogP contribution is -2.31. The summed E-state index contributed by atoms with van der Waals surface area (Å²) in [4.78, 5) is 11.0. The number of nitrogens with two attached hydrogens (primary N) is 1. The van der Waals surface area contributed by atoms with Crippen molar-refractivity contribution < 1.29 is 9.53 Å². The quantitative estimate of drug-likeness (QED) is 0.491. The van der Waals surface area contributed by atoms with Crippen molar-refractivity contribution in [2.24, 2.45) is 5.84 Å². The van der Waals surface area contributed by atoms with Gasteiger partial charge in [0, 0.05) is 5.02 Å². The summed E-state index contributed by atoms with van der Waals surface area (Å²) in [6.07, 6.45) is 0.232. The van der Waals surface area contributed by atoms with Gasteiger partial charge >= 0.3 is 0 Å². The molecule has 0 aliphatic rings. The Hall–Kier alpha value is -1.26. The van der Waals surface area contributed by atoms with E-state index in [4.69, 9.17) is 22.2 Å². The van der Waals surface area contributed by atoms with Crippen LogP contribution in [0.3, 0.4) is 0 Å². The van der Waals surface area contributed by atoms with Crippen LogP contribution in [0.2, 0.25) is 5.02 Å². The number of nitrogens with one attached hydrogen (secondary N) is 1. The van der Waals surface area contributed by atoms with Crippen LogP contribution >= 0.6 is 11.6 Å². The van der Waals surface area contributed by atoms with E-state index in [9.17, 15) is 4.79 Å². The van der Waals surface area contributed by atoms with E-state index in [0.29, 0.717) is 12.5 Å². The number of aryl methyl sites for hydroxylation is 1. The third-order valence-corrected chi connectivity index (χ3v) is 3.07. The number of amides is 1. The molecule has 1 amide bonds. The van der Waals surface area contributed by atoms with Crippen molar-refractivity contribution in [1.29, 1.82) is 0 Å². The summed E-state index contributed by atoms with van der Waals surface area (Å²) in [6, 6.07) is 3.82. The van der Waals surface area contributed by atoms with E-state index in [1.54, 1.807) is 0 Å². The van der Waals surface area contributed by atoms with Crippen LogP contribution in [0.5, 0.6) is 5.75 Å². The first kappa shape index (κ1) is 14.8. The molecule has 0 saturated carbocycles. The third-order valence-electron chi connectivity index (χ3n) is 2.66. The number of carbonyl (C=O) groups is 1. The molecular weight excluding hydrogens is 252 g/mol. The molecule has 1 aromatic carbocycles. The average Bonchev–Trinajstić information content (AvgIpc) is 2.32. The van der Waals surface area contributed by atoms with E-state index in [-0.39, 0.29) is 12.3 Å². The molecule has 0 atom stereocenters. The minimum Gasteiger partial charge on any atom is -0.493 e. The summed E-state index contributed by atoms with van der Waals surface area (Å²) in [5.41, 5.74) is 4.07. The van der Waals surface area contributed by atoms with Crippen LogP contribution in [0, 0.1) is 6.92 Å². The molecule has 0 radical (unpaired) electrons. The van der Waals surface area contributed by atoms with Crippen LogP contribution in [0.4, 0.5) is 0 Å². The third kappa shape index (κ3) is 3.89. The molecule has 1 aromatic rings. The highest BCUT2D eigenvalue weighted by Crippen LogP contribution is 2.31. The summed E-state index contributed by atoms with van der Waals surface area (Å²) < 4.78 is 5.63. The van der Waals surface area contributed by atoms with Gasteiger partial charge in [-0.1, -0.05) is 25.4 Å². The Morgan fingerprint density at radius 1 is 1.50 bits per heavy atom. The zero-order chi connectivity index (χ0) is 13.7. The highest BCUT2D eigenvalue weighted by molar-refractivity contribution is 6.31. The molecule has 18 heavy (non-hydrogen) atoms. The van der Waals surface area contributed by atoms with Crippen LogP contribution in [0.15, 0.2) is 12.1 Å². The molecule has 4 nitrogen and oxygen atoms in total. The Morgan fingerprint density at radius 2 is 2.17 bits per heavy atom. The van der Waals surface area contributed by atoms with E-state index < -0.39 is 0 Å². The highest BCUT2D eigenvalue weighted by atomic mass is 35.5. The maximum atomic E-state index is 11.0. The topological polar surface area (TPSA) is 64.3 Å². The highest BCUT2D eigenvalue weighted by Gasteiger charge is 2.11. The number of hydrogen-bond donors (Lipinski definition) is 2. The molecule has 0 bridgehead atoms. The first-order valence-corrected chi connectivity index (χ1v) is 6.25. The Kier molecular flexibility index (Phi) is 5.44. The van der Waals surface area contributed by atoms with Crippen LogP contribution in [-0.2, 0) is 4.79 Å². The molecule has 3 N–H and O–H groups in total. The number of carbonyl (C=O) groups excluding carboxylic acids is 1. The lowest BCUT2D eigenvalue weighted by atomic mass is 10.0. The first-order chi connectivity index (χ1) is 8.45. The van der Waals surface area contributed by atoms with Crippen molar-refractivity contribution in [2.75, 3.05) is 6.61 Å². The van der Waals surface area contributed by atoms with Gasteiger partial charge in [0.25, 0.3) is 0 Å². The monoisotopic (exact) mass is 270 g/mol. The number of ether oxygens (including phenoxy) is 1. The summed E-state index contributed by atoms with van der Waals surface area (Å²) in [7, 11) is 0. The number of rotatable bonds is 5. The van der Waals surface area contributed by atoms with Crippen molar-refractivity contribution in [3.05, 3.63) is 28.3 Å². The lowest BCUT2D eigenvalue weighted by Gasteiger charge is -2.15. The van der Waals surface area contributed by atoms with Gasteiger partial charge in [-0.15, -0.1) is 0 Å². The molecule has 0 spiro atoms. The lowest BCUT2D eigenvalue weighted by molar-refractivity contribution is -0.121. The van der Waals surface area contributed by atoms with E-state index in [1.807, 2.05) is 19.1 Å². The predicted molar refractivity (Wildman–Crippen MR) is 72.7 cm³/mol. The number of halogens is 1. The Labute approximate surface area is 112 Å². The molecule has 0 aromatic heterocycles. The summed E-state index contributed by atoms with van der Waals surface area (Å²) in [5.74, 6) is 5.84. The largest absolute Gasteiger partial charge is 0.493 e. The fourth-order valence-corrected chi connectivity index (χ4v) is 1.74. The molecule has 5 heteroatoms.